The zero-order valence-electron chi connectivity index (χ0n) is 14.9. The van der Waals surface area contributed by atoms with E-state index in [-0.39, 0.29) is 23.6 Å². The topological polar surface area (TPSA) is 76.1 Å². The Morgan fingerprint density at radius 3 is 2.67 bits per heavy atom. The minimum absolute atomic E-state index is 0.141. The summed E-state index contributed by atoms with van der Waals surface area (Å²) in [6.07, 6.45) is 1.52. The van der Waals surface area contributed by atoms with Crippen LogP contribution in [0.3, 0.4) is 0 Å². The summed E-state index contributed by atoms with van der Waals surface area (Å²) in [6.45, 7) is 1.92. The lowest BCUT2D eigenvalue weighted by Crippen LogP contribution is -2.27. The lowest BCUT2D eigenvalue weighted by atomic mass is 10.1. The summed E-state index contributed by atoms with van der Waals surface area (Å²) in [4.78, 5) is 21.0. The van der Waals surface area contributed by atoms with E-state index in [0.29, 0.717) is 16.5 Å². The van der Waals surface area contributed by atoms with Gasteiger partial charge in [0.25, 0.3) is 5.91 Å². The number of hydrogen-bond donors (Lipinski definition) is 2. The van der Waals surface area contributed by atoms with Crippen LogP contribution in [0.1, 0.15) is 29.0 Å². The van der Waals surface area contributed by atoms with Crippen LogP contribution < -0.4 is 15.4 Å². The summed E-state index contributed by atoms with van der Waals surface area (Å²) in [5.41, 5.74) is 1.89. The number of aromatic nitrogens is 2. The molecule has 0 aliphatic carbocycles. The molecule has 138 valence electrons. The molecule has 0 spiro atoms. The second kappa shape index (κ2) is 8.51. The fourth-order valence-corrected chi connectivity index (χ4v) is 2.71. The van der Waals surface area contributed by atoms with Crippen LogP contribution in [-0.4, -0.2) is 23.0 Å². The van der Waals surface area contributed by atoms with Crippen molar-refractivity contribution in [3.63, 3.8) is 0 Å². The number of carbonyl (C=O) groups is 1. The van der Waals surface area contributed by atoms with E-state index in [4.69, 9.17) is 16.3 Å². The minimum Gasteiger partial charge on any atom is -0.495 e. The number of nitrogens with zero attached hydrogens (tertiary/aromatic N) is 2. The summed E-state index contributed by atoms with van der Waals surface area (Å²) in [5, 5.41) is 6.51. The first kappa shape index (κ1) is 18.7. The van der Waals surface area contributed by atoms with Gasteiger partial charge in [-0.1, -0.05) is 41.9 Å². The molecule has 3 aromatic rings. The van der Waals surface area contributed by atoms with Crippen LogP contribution >= 0.6 is 11.6 Å². The van der Waals surface area contributed by atoms with Crippen molar-refractivity contribution in [2.45, 2.75) is 13.0 Å². The molecular weight excluding hydrogens is 364 g/mol. The molecule has 1 aromatic heterocycles. The Hall–Kier alpha value is -3.12. The molecule has 27 heavy (non-hydrogen) atoms. The Balaban J connectivity index is 1.75. The summed E-state index contributed by atoms with van der Waals surface area (Å²) in [5.74, 6) is 0.584. The molecule has 0 aliphatic rings. The molecule has 7 heteroatoms. The Labute approximate surface area is 162 Å². The molecule has 2 N–H and O–H groups in total. The largest absolute Gasteiger partial charge is 0.495 e. The normalized spacial score (nSPS) is 11.5. The van der Waals surface area contributed by atoms with Crippen molar-refractivity contribution < 1.29 is 9.53 Å². The number of halogens is 1. The third kappa shape index (κ3) is 4.74. The molecule has 0 fully saturated rings. The van der Waals surface area contributed by atoms with Crippen molar-refractivity contribution in [2.75, 3.05) is 12.4 Å². The Morgan fingerprint density at radius 2 is 1.93 bits per heavy atom. The highest BCUT2D eigenvalue weighted by atomic mass is 35.5. The molecule has 0 saturated carbocycles. The molecule has 1 amide bonds. The van der Waals surface area contributed by atoms with Crippen LogP contribution in [0.4, 0.5) is 11.6 Å². The van der Waals surface area contributed by atoms with Gasteiger partial charge in [0.15, 0.2) is 0 Å². The third-order valence-electron chi connectivity index (χ3n) is 3.94. The van der Waals surface area contributed by atoms with Crippen molar-refractivity contribution in [2.24, 2.45) is 0 Å². The van der Waals surface area contributed by atoms with Gasteiger partial charge in [-0.15, -0.1) is 0 Å². The van der Waals surface area contributed by atoms with Crippen molar-refractivity contribution >= 4 is 29.1 Å². The molecule has 2 aromatic carbocycles. The van der Waals surface area contributed by atoms with Crippen molar-refractivity contribution in [1.82, 2.24) is 15.3 Å². The predicted molar refractivity (Wildman–Crippen MR) is 106 cm³/mol. The van der Waals surface area contributed by atoms with E-state index in [0.717, 1.165) is 5.56 Å². The van der Waals surface area contributed by atoms with Crippen LogP contribution in [0.2, 0.25) is 5.02 Å². The molecule has 6 nitrogen and oxygen atoms in total. The quantitative estimate of drug-likeness (QED) is 0.661. The van der Waals surface area contributed by atoms with Crippen molar-refractivity contribution in [1.29, 1.82) is 0 Å². The second-order valence-electron chi connectivity index (χ2n) is 5.84. The fraction of sp³-hybridized carbons (Fsp3) is 0.150. The highest BCUT2D eigenvalue weighted by Gasteiger charge is 2.14. The summed E-state index contributed by atoms with van der Waals surface area (Å²) in [6, 6.07) is 16.3. The van der Waals surface area contributed by atoms with E-state index >= 15 is 0 Å². The molecule has 1 atom stereocenters. The third-order valence-corrected chi connectivity index (χ3v) is 4.18. The number of hydrogen-bond acceptors (Lipinski definition) is 5. The fourth-order valence-electron chi connectivity index (χ4n) is 2.54. The monoisotopic (exact) mass is 382 g/mol. The highest BCUT2D eigenvalue weighted by Crippen LogP contribution is 2.29. The van der Waals surface area contributed by atoms with Gasteiger partial charge in [0.2, 0.25) is 5.95 Å². The van der Waals surface area contributed by atoms with Gasteiger partial charge in [-0.05, 0) is 36.8 Å². The number of nitrogens with one attached hydrogen (secondary N) is 2. The van der Waals surface area contributed by atoms with Crippen LogP contribution in [0.25, 0.3) is 0 Å². The van der Waals surface area contributed by atoms with Gasteiger partial charge in [-0.25, -0.2) is 9.97 Å². The molecule has 0 saturated heterocycles. The maximum absolute atomic E-state index is 12.5. The zero-order chi connectivity index (χ0) is 19.2. The number of methoxy groups -OCH3 is 1. The van der Waals surface area contributed by atoms with Crippen molar-refractivity contribution in [3.8, 4) is 5.75 Å². The van der Waals surface area contributed by atoms with Gasteiger partial charge in [0.05, 0.1) is 18.8 Å². The smallest absolute Gasteiger partial charge is 0.270 e. The van der Waals surface area contributed by atoms with Crippen LogP contribution in [0, 0.1) is 0 Å². The summed E-state index contributed by atoms with van der Waals surface area (Å²) in [7, 11) is 1.56. The van der Waals surface area contributed by atoms with Gasteiger partial charge in [-0.3, -0.25) is 4.79 Å². The minimum atomic E-state index is -0.283. The van der Waals surface area contributed by atoms with Gasteiger partial charge in [-0.2, -0.15) is 0 Å². The Kier molecular flexibility index (Phi) is 5.88. The predicted octanol–water partition coefficient (Wildman–Crippen LogP) is 4.37. The number of rotatable bonds is 6. The maximum Gasteiger partial charge on any atom is 0.270 e. The number of carbonyl (C=O) groups excluding carboxylic acids is 1. The van der Waals surface area contributed by atoms with Crippen molar-refractivity contribution in [3.05, 3.63) is 77.1 Å². The Bertz CT molecular complexity index is 934. The van der Waals surface area contributed by atoms with E-state index in [2.05, 4.69) is 20.6 Å². The average Bonchev–Trinajstić information content (AvgIpc) is 2.69. The van der Waals surface area contributed by atoms with Gasteiger partial charge >= 0.3 is 0 Å². The molecule has 0 aliphatic heterocycles. The van der Waals surface area contributed by atoms with E-state index in [9.17, 15) is 4.79 Å². The zero-order valence-corrected chi connectivity index (χ0v) is 15.7. The van der Waals surface area contributed by atoms with Gasteiger partial charge in [0.1, 0.15) is 11.4 Å². The number of benzene rings is 2. The number of anilines is 2. The first-order valence-corrected chi connectivity index (χ1v) is 8.74. The van der Waals surface area contributed by atoms with E-state index in [1.54, 1.807) is 31.4 Å². The number of ether oxygens (including phenoxy) is 1. The second-order valence-corrected chi connectivity index (χ2v) is 6.28. The first-order valence-electron chi connectivity index (χ1n) is 8.36. The standard InChI is InChI=1S/C20H19ClN4O2/c1-13(14-6-4-3-5-7-14)23-19(26)16-10-11-22-20(24-16)25-17-12-15(21)8-9-18(17)27-2/h3-13H,1-2H3,(H,23,26)(H,22,24,25). The average molecular weight is 383 g/mol. The summed E-state index contributed by atoms with van der Waals surface area (Å²) >= 11 is 6.04. The number of amides is 1. The van der Waals surface area contributed by atoms with Crippen LogP contribution in [0.15, 0.2) is 60.8 Å². The lowest BCUT2D eigenvalue weighted by molar-refractivity contribution is 0.0935. The summed E-state index contributed by atoms with van der Waals surface area (Å²) < 4.78 is 5.30. The Morgan fingerprint density at radius 1 is 1.15 bits per heavy atom. The molecular formula is C20H19ClN4O2. The van der Waals surface area contributed by atoms with E-state index in [1.807, 2.05) is 37.3 Å². The molecule has 1 heterocycles. The molecule has 1 unspecified atom stereocenters. The highest BCUT2D eigenvalue weighted by molar-refractivity contribution is 6.31. The van der Waals surface area contributed by atoms with Crippen LogP contribution in [-0.2, 0) is 0 Å². The maximum atomic E-state index is 12.5. The molecule has 0 bridgehead atoms. The molecule has 0 radical (unpaired) electrons. The van der Waals surface area contributed by atoms with Crippen LogP contribution in [0.5, 0.6) is 5.75 Å². The van der Waals surface area contributed by atoms with E-state index in [1.165, 1.54) is 6.20 Å². The SMILES string of the molecule is COc1ccc(Cl)cc1Nc1nccc(C(=O)NC(C)c2ccccc2)n1. The molecule has 3 rings (SSSR count). The first-order chi connectivity index (χ1) is 13.1. The van der Waals surface area contributed by atoms with Gasteiger partial charge in [0, 0.05) is 11.2 Å². The lowest BCUT2D eigenvalue weighted by Gasteiger charge is -2.14. The van der Waals surface area contributed by atoms with E-state index < -0.39 is 0 Å². The van der Waals surface area contributed by atoms with Gasteiger partial charge < -0.3 is 15.4 Å².